The lowest BCUT2D eigenvalue weighted by molar-refractivity contribution is -0.121. The van der Waals surface area contributed by atoms with Crippen LogP contribution >= 0.6 is 0 Å². The van der Waals surface area contributed by atoms with E-state index in [2.05, 4.69) is 20.5 Å². The summed E-state index contributed by atoms with van der Waals surface area (Å²) in [5, 5.41) is 16.5. The monoisotopic (exact) mass is 338 g/mol. The van der Waals surface area contributed by atoms with E-state index in [1.54, 1.807) is 14.1 Å². The fourth-order valence-electron chi connectivity index (χ4n) is 3.93. The maximum atomic E-state index is 11.5. The second-order valence-electron chi connectivity index (χ2n) is 7.20. The summed E-state index contributed by atoms with van der Waals surface area (Å²) in [6.07, 6.45) is 8.45. The van der Waals surface area contributed by atoms with E-state index in [1.807, 2.05) is 0 Å². The zero-order chi connectivity index (χ0) is 17.4. The molecule has 3 N–H and O–H groups in total. The Morgan fingerprint density at radius 2 is 1.88 bits per heavy atom. The van der Waals surface area contributed by atoms with Crippen molar-refractivity contribution in [2.45, 2.75) is 57.5 Å². The number of carbonyl (C=O) groups is 1. The van der Waals surface area contributed by atoms with E-state index in [9.17, 15) is 9.90 Å². The number of aliphatic hydroxyl groups excluding tert-OH is 1. The maximum absolute atomic E-state index is 11.5. The molecule has 2 fully saturated rings. The number of guanidine groups is 1. The van der Waals surface area contributed by atoms with Crippen molar-refractivity contribution >= 4 is 11.9 Å². The van der Waals surface area contributed by atoms with E-state index in [0.29, 0.717) is 24.8 Å². The maximum Gasteiger partial charge on any atom is 0.220 e. The first-order valence-corrected chi connectivity index (χ1v) is 9.48. The molecule has 6 nitrogen and oxygen atoms in total. The minimum Gasteiger partial charge on any atom is -0.391 e. The van der Waals surface area contributed by atoms with Gasteiger partial charge in [0.1, 0.15) is 0 Å². The predicted molar refractivity (Wildman–Crippen MR) is 96.9 cm³/mol. The Morgan fingerprint density at radius 1 is 1.21 bits per heavy atom. The van der Waals surface area contributed by atoms with Gasteiger partial charge in [0.05, 0.1) is 6.10 Å². The summed E-state index contributed by atoms with van der Waals surface area (Å²) in [4.78, 5) is 18.1. The minimum absolute atomic E-state index is 0.131. The summed E-state index contributed by atoms with van der Waals surface area (Å²) >= 11 is 0. The van der Waals surface area contributed by atoms with Crippen molar-refractivity contribution in [1.82, 2.24) is 15.5 Å². The molecule has 6 heteroatoms. The number of carbonyl (C=O) groups excluding carboxylic acids is 1. The Balaban J connectivity index is 1.73. The van der Waals surface area contributed by atoms with Crippen molar-refractivity contribution in [3.8, 4) is 0 Å². The molecule has 138 valence electrons. The molecule has 1 saturated heterocycles. The minimum atomic E-state index is -0.284. The molecule has 1 unspecified atom stereocenters. The standard InChI is InChI=1S/C18H34N4O2/c1-19-17(24)12-14-8-10-22(11-9-14)18(20-2)21-13-16(23)15-6-4-3-5-7-15/h14-16,23H,3-13H2,1-2H3,(H,19,24)(H,20,21). The average Bonchev–Trinajstić information content (AvgIpc) is 2.63. The van der Waals surface area contributed by atoms with Gasteiger partial charge in [-0.3, -0.25) is 9.79 Å². The van der Waals surface area contributed by atoms with Crippen molar-refractivity contribution in [2.24, 2.45) is 16.8 Å². The zero-order valence-electron chi connectivity index (χ0n) is 15.3. The van der Waals surface area contributed by atoms with Gasteiger partial charge in [0.15, 0.2) is 5.96 Å². The van der Waals surface area contributed by atoms with E-state index < -0.39 is 0 Å². The van der Waals surface area contributed by atoms with E-state index in [0.717, 1.165) is 44.7 Å². The molecule has 1 aliphatic carbocycles. The Labute approximate surface area is 146 Å². The number of hydrogen-bond donors (Lipinski definition) is 3. The first kappa shape index (κ1) is 19.0. The quantitative estimate of drug-likeness (QED) is 0.522. The summed E-state index contributed by atoms with van der Waals surface area (Å²) in [6.45, 7) is 2.41. The van der Waals surface area contributed by atoms with Gasteiger partial charge in [-0.2, -0.15) is 0 Å². The molecule has 0 bridgehead atoms. The van der Waals surface area contributed by atoms with Crippen molar-refractivity contribution in [2.75, 3.05) is 33.7 Å². The van der Waals surface area contributed by atoms with Crippen LogP contribution in [-0.2, 0) is 4.79 Å². The smallest absolute Gasteiger partial charge is 0.220 e. The Kier molecular flexibility index (Phi) is 7.82. The highest BCUT2D eigenvalue weighted by molar-refractivity contribution is 5.80. The summed E-state index contributed by atoms with van der Waals surface area (Å²) in [6, 6.07) is 0. The van der Waals surface area contributed by atoms with Crippen LogP contribution in [0.5, 0.6) is 0 Å². The van der Waals surface area contributed by atoms with Crippen LogP contribution in [0.4, 0.5) is 0 Å². The summed E-state index contributed by atoms with van der Waals surface area (Å²) in [5.74, 6) is 1.91. The van der Waals surface area contributed by atoms with Crippen LogP contribution in [0.2, 0.25) is 0 Å². The van der Waals surface area contributed by atoms with E-state index in [1.165, 1.54) is 19.3 Å². The first-order valence-electron chi connectivity index (χ1n) is 9.48. The van der Waals surface area contributed by atoms with Crippen molar-refractivity contribution in [3.63, 3.8) is 0 Å². The highest BCUT2D eigenvalue weighted by Gasteiger charge is 2.25. The number of nitrogens with zero attached hydrogens (tertiary/aromatic N) is 2. The average molecular weight is 338 g/mol. The molecular formula is C18H34N4O2. The molecule has 24 heavy (non-hydrogen) atoms. The molecular weight excluding hydrogens is 304 g/mol. The molecule has 1 aliphatic heterocycles. The third-order valence-electron chi connectivity index (χ3n) is 5.54. The third kappa shape index (κ3) is 5.65. The van der Waals surface area contributed by atoms with Crippen molar-refractivity contribution < 1.29 is 9.90 Å². The lowest BCUT2D eigenvalue weighted by Gasteiger charge is -2.35. The van der Waals surface area contributed by atoms with Crippen LogP contribution in [0.1, 0.15) is 51.4 Å². The number of aliphatic hydroxyl groups is 1. The number of rotatable bonds is 5. The molecule has 0 aromatic rings. The van der Waals surface area contributed by atoms with Crippen LogP contribution < -0.4 is 10.6 Å². The second kappa shape index (κ2) is 9.87. The van der Waals surface area contributed by atoms with Crippen LogP contribution in [0, 0.1) is 11.8 Å². The Bertz CT molecular complexity index is 413. The van der Waals surface area contributed by atoms with Gasteiger partial charge in [-0.15, -0.1) is 0 Å². The SMILES string of the molecule is CN=C(NCC(O)C1CCCCC1)N1CCC(CC(=O)NC)CC1. The van der Waals surface area contributed by atoms with Crippen LogP contribution in [0.15, 0.2) is 4.99 Å². The predicted octanol–water partition coefficient (Wildman–Crippen LogP) is 1.35. The van der Waals surface area contributed by atoms with Crippen LogP contribution in [0.25, 0.3) is 0 Å². The number of hydrogen-bond acceptors (Lipinski definition) is 3. The highest BCUT2D eigenvalue weighted by atomic mass is 16.3. The molecule has 2 aliphatic rings. The fraction of sp³-hybridized carbons (Fsp3) is 0.889. The van der Waals surface area contributed by atoms with E-state index in [-0.39, 0.29) is 12.0 Å². The van der Waals surface area contributed by atoms with Crippen LogP contribution in [-0.4, -0.2) is 61.7 Å². The van der Waals surface area contributed by atoms with Gasteiger partial charge < -0.3 is 20.6 Å². The Morgan fingerprint density at radius 3 is 2.46 bits per heavy atom. The molecule has 0 spiro atoms. The zero-order valence-corrected chi connectivity index (χ0v) is 15.3. The first-order chi connectivity index (χ1) is 11.6. The Hall–Kier alpha value is -1.30. The van der Waals surface area contributed by atoms with Gasteiger partial charge in [0, 0.05) is 40.2 Å². The molecule has 0 aromatic carbocycles. The number of likely N-dealkylation sites (tertiary alicyclic amines) is 1. The molecule has 1 amide bonds. The molecule has 0 radical (unpaired) electrons. The molecule has 1 saturated carbocycles. The number of aliphatic imine (C=N–C) groups is 1. The van der Waals surface area contributed by atoms with Crippen molar-refractivity contribution in [3.05, 3.63) is 0 Å². The second-order valence-corrected chi connectivity index (χ2v) is 7.20. The molecule has 1 atom stereocenters. The molecule has 2 rings (SSSR count). The summed E-state index contributed by atoms with van der Waals surface area (Å²) in [7, 11) is 3.49. The van der Waals surface area contributed by atoms with Gasteiger partial charge in [0.25, 0.3) is 0 Å². The third-order valence-corrected chi connectivity index (χ3v) is 5.54. The topological polar surface area (TPSA) is 77.0 Å². The van der Waals surface area contributed by atoms with Crippen LogP contribution in [0.3, 0.4) is 0 Å². The number of amides is 1. The lowest BCUT2D eigenvalue weighted by atomic mass is 9.85. The summed E-state index contributed by atoms with van der Waals surface area (Å²) < 4.78 is 0. The highest BCUT2D eigenvalue weighted by Crippen LogP contribution is 2.26. The summed E-state index contributed by atoms with van der Waals surface area (Å²) in [5.41, 5.74) is 0. The number of piperidine rings is 1. The van der Waals surface area contributed by atoms with E-state index >= 15 is 0 Å². The van der Waals surface area contributed by atoms with Gasteiger partial charge in [-0.1, -0.05) is 19.3 Å². The van der Waals surface area contributed by atoms with Gasteiger partial charge >= 0.3 is 0 Å². The largest absolute Gasteiger partial charge is 0.391 e. The van der Waals surface area contributed by atoms with Gasteiger partial charge in [-0.05, 0) is 37.5 Å². The number of nitrogens with one attached hydrogen (secondary N) is 2. The molecule has 1 heterocycles. The fourth-order valence-corrected chi connectivity index (χ4v) is 3.93. The normalized spacial score (nSPS) is 22.3. The lowest BCUT2D eigenvalue weighted by Crippen LogP contribution is -2.48. The molecule has 0 aromatic heterocycles. The van der Waals surface area contributed by atoms with Gasteiger partial charge in [0.2, 0.25) is 5.91 Å². The van der Waals surface area contributed by atoms with E-state index in [4.69, 9.17) is 0 Å². The van der Waals surface area contributed by atoms with Crippen molar-refractivity contribution in [1.29, 1.82) is 0 Å². The van der Waals surface area contributed by atoms with Gasteiger partial charge in [-0.25, -0.2) is 0 Å².